The summed E-state index contributed by atoms with van der Waals surface area (Å²) in [6.45, 7) is 0.641. The Bertz CT molecular complexity index is 604. The fraction of sp³-hybridized carbons (Fsp3) is 0.200. The van der Waals surface area contributed by atoms with Crippen molar-refractivity contribution < 1.29 is 13.9 Å². The lowest BCUT2D eigenvalue weighted by molar-refractivity contribution is 0.299. The van der Waals surface area contributed by atoms with Crippen molar-refractivity contribution in [1.82, 2.24) is 0 Å². The van der Waals surface area contributed by atoms with E-state index >= 15 is 0 Å². The summed E-state index contributed by atoms with van der Waals surface area (Å²) in [6.07, 6.45) is 0. The van der Waals surface area contributed by atoms with Crippen LogP contribution in [0.25, 0.3) is 0 Å². The first kappa shape index (κ1) is 14.8. The van der Waals surface area contributed by atoms with Gasteiger partial charge in [0.25, 0.3) is 0 Å². The lowest BCUT2D eigenvalue weighted by Gasteiger charge is -2.12. The summed E-state index contributed by atoms with van der Waals surface area (Å²) < 4.78 is 25.0. The van der Waals surface area contributed by atoms with Crippen molar-refractivity contribution in [2.45, 2.75) is 13.2 Å². The second kappa shape index (κ2) is 6.72. The van der Waals surface area contributed by atoms with Crippen LogP contribution in [0.2, 0.25) is 0 Å². The van der Waals surface area contributed by atoms with Crippen molar-refractivity contribution in [2.24, 2.45) is 5.73 Å². The number of halogens is 2. The molecule has 5 heteroatoms. The van der Waals surface area contributed by atoms with Crippen LogP contribution in [0.3, 0.4) is 0 Å². The summed E-state index contributed by atoms with van der Waals surface area (Å²) in [5.41, 5.74) is 7.29. The number of hydrogen-bond donors (Lipinski definition) is 1. The number of rotatable bonds is 5. The van der Waals surface area contributed by atoms with E-state index in [0.717, 1.165) is 15.6 Å². The van der Waals surface area contributed by atoms with Crippen LogP contribution < -0.4 is 15.2 Å². The van der Waals surface area contributed by atoms with Gasteiger partial charge in [-0.3, -0.25) is 0 Å². The van der Waals surface area contributed by atoms with Gasteiger partial charge in [0.05, 0.1) is 11.6 Å². The molecule has 2 aromatic carbocycles. The fourth-order valence-electron chi connectivity index (χ4n) is 1.83. The van der Waals surface area contributed by atoms with Crippen LogP contribution in [0.15, 0.2) is 40.9 Å². The molecule has 0 spiro atoms. The van der Waals surface area contributed by atoms with Gasteiger partial charge in [0, 0.05) is 12.1 Å². The van der Waals surface area contributed by atoms with Crippen LogP contribution in [0.5, 0.6) is 11.5 Å². The van der Waals surface area contributed by atoms with Crippen molar-refractivity contribution in [2.75, 3.05) is 7.11 Å². The average Bonchev–Trinajstić information content (AvgIpc) is 2.46. The van der Waals surface area contributed by atoms with E-state index in [1.807, 2.05) is 18.2 Å². The first-order chi connectivity index (χ1) is 9.65. The number of methoxy groups -OCH3 is 1. The van der Waals surface area contributed by atoms with Crippen LogP contribution in [0.4, 0.5) is 4.39 Å². The molecule has 0 unspecified atom stereocenters. The summed E-state index contributed by atoms with van der Waals surface area (Å²) in [4.78, 5) is 0. The Morgan fingerprint density at radius 3 is 2.70 bits per heavy atom. The maximum Gasteiger partial charge on any atom is 0.165 e. The highest BCUT2D eigenvalue weighted by Gasteiger charge is 2.08. The number of hydrogen-bond acceptors (Lipinski definition) is 3. The summed E-state index contributed by atoms with van der Waals surface area (Å²) in [7, 11) is 1.43. The van der Waals surface area contributed by atoms with E-state index in [-0.39, 0.29) is 12.4 Å². The molecule has 0 saturated heterocycles. The molecular weight excluding hydrogens is 325 g/mol. The first-order valence-electron chi connectivity index (χ1n) is 6.08. The Balaban J connectivity index is 2.15. The van der Waals surface area contributed by atoms with Crippen molar-refractivity contribution in [3.8, 4) is 11.5 Å². The van der Waals surface area contributed by atoms with Gasteiger partial charge in [-0.1, -0.05) is 18.2 Å². The Labute approximate surface area is 125 Å². The number of para-hydroxylation sites is 1. The molecule has 0 atom stereocenters. The zero-order chi connectivity index (χ0) is 14.5. The van der Waals surface area contributed by atoms with Crippen molar-refractivity contribution in [1.29, 1.82) is 0 Å². The molecule has 2 N–H and O–H groups in total. The van der Waals surface area contributed by atoms with Crippen LogP contribution in [-0.4, -0.2) is 7.11 Å². The predicted molar refractivity (Wildman–Crippen MR) is 79.3 cm³/mol. The Morgan fingerprint density at radius 2 is 2.05 bits per heavy atom. The summed E-state index contributed by atoms with van der Waals surface area (Å²) in [5, 5.41) is 0. The molecule has 2 aromatic rings. The molecule has 0 radical (unpaired) electrons. The monoisotopic (exact) mass is 339 g/mol. The predicted octanol–water partition coefficient (Wildman–Crippen LogP) is 3.63. The van der Waals surface area contributed by atoms with E-state index in [9.17, 15) is 4.39 Å². The third kappa shape index (κ3) is 3.29. The van der Waals surface area contributed by atoms with Crippen LogP contribution in [0, 0.1) is 5.82 Å². The van der Waals surface area contributed by atoms with E-state index in [2.05, 4.69) is 15.9 Å². The second-order valence-corrected chi connectivity index (χ2v) is 5.04. The zero-order valence-electron chi connectivity index (χ0n) is 11.0. The SMILES string of the molecule is COc1ccc(COc2c(Br)cccc2CN)cc1F. The second-order valence-electron chi connectivity index (χ2n) is 4.19. The highest BCUT2D eigenvalue weighted by Crippen LogP contribution is 2.30. The number of benzene rings is 2. The maximum absolute atomic E-state index is 13.6. The molecule has 0 aromatic heterocycles. The molecule has 0 saturated carbocycles. The van der Waals surface area contributed by atoms with E-state index < -0.39 is 5.82 Å². The fourth-order valence-corrected chi connectivity index (χ4v) is 2.35. The van der Waals surface area contributed by atoms with E-state index in [4.69, 9.17) is 15.2 Å². The van der Waals surface area contributed by atoms with E-state index in [0.29, 0.717) is 12.3 Å². The Morgan fingerprint density at radius 1 is 1.25 bits per heavy atom. The van der Waals surface area contributed by atoms with Gasteiger partial charge in [-0.15, -0.1) is 0 Å². The van der Waals surface area contributed by atoms with Gasteiger partial charge in [-0.25, -0.2) is 4.39 Å². The van der Waals surface area contributed by atoms with Gasteiger partial charge in [-0.05, 0) is 39.7 Å². The molecule has 0 amide bonds. The average molecular weight is 340 g/mol. The summed E-state index contributed by atoms with van der Waals surface area (Å²) in [5.74, 6) is 0.503. The largest absolute Gasteiger partial charge is 0.494 e. The lowest BCUT2D eigenvalue weighted by atomic mass is 10.2. The van der Waals surface area contributed by atoms with Gasteiger partial charge in [0.1, 0.15) is 12.4 Å². The Hall–Kier alpha value is -1.59. The molecule has 20 heavy (non-hydrogen) atoms. The quantitative estimate of drug-likeness (QED) is 0.904. The lowest BCUT2D eigenvalue weighted by Crippen LogP contribution is -2.03. The standard InChI is InChI=1S/C15H15BrFNO2/c1-19-14-6-5-10(7-13(14)17)9-20-15-11(8-18)3-2-4-12(15)16/h2-7H,8-9,18H2,1H3. The third-order valence-corrected chi connectivity index (χ3v) is 3.49. The van der Waals surface area contributed by atoms with Gasteiger partial charge in [0.15, 0.2) is 11.6 Å². The summed E-state index contributed by atoms with van der Waals surface area (Å²) in [6, 6.07) is 10.4. The topological polar surface area (TPSA) is 44.5 Å². The molecular formula is C15H15BrFNO2. The normalized spacial score (nSPS) is 10.4. The molecule has 0 aliphatic rings. The van der Waals surface area contributed by atoms with Crippen molar-refractivity contribution in [3.63, 3.8) is 0 Å². The molecule has 2 rings (SSSR count). The third-order valence-electron chi connectivity index (χ3n) is 2.87. The van der Waals surface area contributed by atoms with Crippen molar-refractivity contribution in [3.05, 3.63) is 57.8 Å². The van der Waals surface area contributed by atoms with Crippen LogP contribution in [-0.2, 0) is 13.2 Å². The van der Waals surface area contributed by atoms with E-state index in [1.165, 1.54) is 13.2 Å². The molecule has 0 fully saturated rings. The van der Waals surface area contributed by atoms with E-state index in [1.54, 1.807) is 12.1 Å². The zero-order valence-corrected chi connectivity index (χ0v) is 12.6. The molecule has 0 aliphatic heterocycles. The molecule has 0 aliphatic carbocycles. The minimum absolute atomic E-state index is 0.220. The number of nitrogens with two attached hydrogens (primary N) is 1. The van der Waals surface area contributed by atoms with Gasteiger partial charge < -0.3 is 15.2 Å². The smallest absolute Gasteiger partial charge is 0.165 e. The highest BCUT2D eigenvalue weighted by atomic mass is 79.9. The minimum Gasteiger partial charge on any atom is -0.494 e. The van der Waals surface area contributed by atoms with Gasteiger partial charge in [0.2, 0.25) is 0 Å². The molecule has 106 valence electrons. The number of ether oxygens (including phenoxy) is 2. The molecule has 3 nitrogen and oxygen atoms in total. The van der Waals surface area contributed by atoms with Gasteiger partial charge in [-0.2, -0.15) is 0 Å². The van der Waals surface area contributed by atoms with Crippen molar-refractivity contribution >= 4 is 15.9 Å². The highest BCUT2D eigenvalue weighted by molar-refractivity contribution is 9.10. The molecule has 0 bridgehead atoms. The van der Waals surface area contributed by atoms with Crippen LogP contribution >= 0.6 is 15.9 Å². The first-order valence-corrected chi connectivity index (χ1v) is 6.87. The summed E-state index contributed by atoms with van der Waals surface area (Å²) >= 11 is 3.42. The molecule has 0 heterocycles. The maximum atomic E-state index is 13.6. The Kier molecular flexibility index (Phi) is 4.98. The van der Waals surface area contributed by atoms with Gasteiger partial charge >= 0.3 is 0 Å². The van der Waals surface area contributed by atoms with Crippen LogP contribution in [0.1, 0.15) is 11.1 Å². The minimum atomic E-state index is -0.403.